The van der Waals surface area contributed by atoms with Crippen LogP contribution in [0.3, 0.4) is 0 Å². The zero-order valence-corrected chi connectivity index (χ0v) is 9.70. The van der Waals surface area contributed by atoms with Gasteiger partial charge in [-0.1, -0.05) is 22.4 Å². The van der Waals surface area contributed by atoms with Crippen molar-refractivity contribution in [2.24, 2.45) is 10.3 Å². The van der Waals surface area contributed by atoms with E-state index in [1.807, 2.05) is 22.9 Å². The Labute approximate surface area is 99.8 Å². The molecule has 2 aromatic rings. The van der Waals surface area contributed by atoms with Gasteiger partial charge >= 0.3 is 0 Å². The summed E-state index contributed by atoms with van der Waals surface area (Å²) in [5, 5.41) is 28.1. The minimum absolute atomic E-state index is 0.278. The summed E-state index contributed by atoms with van der Waals surface area (Å²) in [6.07, 6.45) is 0. The smallest absolute Gasteiger partial charge is 0.150 e. The van der Waals surface area contributed by atoms with Gasteiger partial charge in [0.05, 0.1) is 9.75 Å². The fourth-order valence-corrected chi connectivity index (χ4v) is 2.67. The van der Waals surface area contributed by atoms with Crippen LogP contribution >= 0.6 is 22.7 Å². The van der Waals surface area contributed by atoms with Gasteiger partial charge in [-0.05, 0) is 22.9 Å². The van der Waals surface area contributed by atoms with E-state index in [1.165, 1.54) is 22.7 Å². The molecule has 0 bridgehead atoms. The molecule has 0 aromatic carbocycles. The first kappa shape index (κ1) is 10.8. The SMILES string of the molecule is O/N=C(\C(=N/O)c1cccs1)c1cccs1. The number of hydrogen-bond acceptors (Lipinski definition) is 6. The maximum absolute atomic E-state index is 9.01. The lowest BCUT2D eigenvalue weighted by molar-refractivity contribution is 0.314. The van der Waals surface area contributed by atoms with Crippen LogP contribution < -0.4 is 0 Å². The molecular weight excluding hydrogens is 244 g/mol. The minimum atomic E-state index is 0.278. The fourth-order valence-electron chi connectivity index (χ4n) is 1.25. The zero-order valence-electron chi connectivity index (χ0n) is 8.07. The van der Waals surface area contributed by atoms with E-state index in [9.17, 15) is 0 Å². The van der Waals surface area contributed by atoms with E-state index in [2.05, 4.69) is 10.3 Å². The number of nitrogens with zero attached hydrogens (tertiary/aromatic N) is 2. The molecule has 0 spiro atoms. The van der Waals surface area contributed by atoms with Gasteiger partial charge < -0.3 is 10.4 Å². The third-order valence-electron chi connectivity index (χ3n) is 1.93. The second kappa shape index (κ2) is 4.91. The molecule has 0 aliphatic heterocycles. The average molecular weight is 252 g/mol. The molecule has 0 saturated heterocycles. The van der Waals surface area contributed by atoms with Crippen molar-refractivity contribution >= 4 is 34.1 Å². The quantitative estimate of drug-likeness (QED) is 0.501. The molecule has 2 aromatic heterocycles. The van der Waals surface area contributed by atoms with Gasteiger partial charge in [0.2, 0.25) is 0 Å². The number of thiophene rings is 2. The average Bonchev–Trinajstić information content (AvgIpc) is 2.97. The van der Waals surface area contributed by atoms with Crippen molar-refractivity contribution < 1.29 is 10.4 Å². The summed E-state index contributed by atoms with van der Waals surface area (Å²) in [5.41, 5.74) is 0.555. The minimum Gasteiger partial charge on any atom is -0.410 e. The highest BCUT2D eigenvalue weighted by Crippen LogP contribution is 2.17. The van der Waals surface area contributed by atoms with Gasteiger partial charge in [-0.2, -0.15) is 0 Å². The van der Waals surface area contributed by atoms with E-state index in [0.29, 0.717) is 0 Å². The summed E-state index contributed by atoms with van der Waals surface area (Å²) in [7, 11) is 0. The normalized spacial score (nSPS) is 13.0. The summed E-state index contributed by atoms with van der Waals surface area (Å²) in [6, 6.07) is 7.29. The van der Waals surface area contributed by atoms with Crippen LogP contribution in [-0.4, -0.2) is 21.8 Å². The zero-order chi connectivity index (χ0) is 11.4. The Morgan fingerprint density at radius 2 is 1.31 bits per heavy atom. The van der Waals surface area contributed by atoms with Gasteiger partial charge in [-0.25, -0.2) is 0 Å². The maximum Gasteiger partial charge on any atom is 0.150 e. The molecule has 0 fully saturated rings. The van der Waals surface area contributed by atoms with Gasteiger partial charge in [0.25, 0.3) is 0 Å². The van der Waals surface area contributed by atoms with Crippen molar-refractivity contribution in [3.8, 4) is 0 Å². The van der Waals surface area contributed by atoms with Gasteiger partial charge in [0, 0.05) is 0 Å². The summed E-state index contributed by atoms with van der Waals surface area (Å²) in [4.78, 5) is 1.51. The molecule has 0 unspecified atom stereocenters. The van der Waals surface area contributed by atoms with E-state index in [-0.39, 0.29) is 11.4 Å². The molecule has 2 rings (SSSR count). The lowest BCUT2D eigenvalue weighted by Gasteiger charge is -2.01. The maximum atomic E-state index is 9.01. The van der Waals surface area contributed by atoms with Crippen LogP contribution in [0.4, 0.5) is 0 Å². The molecule has 0 saturated carbocycles. The van der Waals surface area contributed by atoms with E-state index in [4.69, 9.17) is 10.4 Å². The van der Waals surface area contributed by atoms with Crippen molar-refractivity contribution in [2.45, 2.75) is 0 Å². The van der Waals surface area contributed by atoms with Crippen molar-refractivity contribution in [2.75, 3.05) is 0 Å². The molecule has 0 atom stereocenters. The predicted molar refractivity (Wildman–Crippen MR) is 65.3 cm³/mol. The van der Waals surface area contributed by atoms with E-state index in [1.54, 1.807) is 12.1 Å². The summed E-state index contributed by atoms with van der Waals surface area (Å²) < 4.78 is 0. The van der Waals surface area contributed by atoms with E-state index < -0.39 is 0 Å². The van der Waals surface area contributed by atoms with Crippen LogP contribution in [0, 0.1) is 0 Å². The molecule has 0 radical (unpaired) electrons. The number of hydrogen-bond donors (Lipinski definition) is 2. The first-order valence-electron chi connectivity index (χ1n) is 4.39. The first-order valence-corrected chi connectivity index (χ1v) is 6.15. The Hall–Kier alpha value is -1.66. The predicted octanol–water partition coefficient (Wildman–Crippen LogP) is 2.87. The van der Waals surface area contributed by atoms with Crippen LogP contribution in [0.1, 0.15) is 9.75 Å². The second-order valence-electron chi connectivity index (χ2n) is 2.85. The lowest BCUT2D eigenvalue weighted by Crippen LogP contribution is -2.14. The Morgan fingerprint density at radius 1 is 0.875 bits per heavy atom. The van der Waals surface area contributed by atoms with Gasteiger partial charge in [-0.3, -0.25) is 0 Å². The molecule has 16 heavy (non-hydrogen) atoms. The van der Waals surface area contributed by atoms with Crippen LogP contribution in [0.2, 0.25) is 0 Å². The third-order valence-corrected chi connectivity index (χ3v) is 3.69. The second-order valence-corrected chi connectivity index (χ2v) is 4.75. The van der Waals surface area contributed by atoms with Crippen LogP contribution in [0.15, 0.2) is 45.3 Å². The molecule has 0 amide bonds. The monoisotopic (exact) mass is 252 g/mol. The molecule has 0 aliphatic rings. The Morgan fingerprint density at radius 3 is 1.56 bits per heavy atom. The standard InChI is InChI=1S/C10H8N2O2S2/c13-11-9(7-3-1-5-15-7)10(12-14)8-4-2-6-16-8/h1-6,13-14H/b11-9-,12-10-. The van der Waals surface area contributed by atoms with Crippen molar-refractivity contribution in [3.63, 3.8) is 0 Å². The van der Waals surface area contributed by atoms with Crippen LogP contribution in [0.25, 0.3) is 0 Å². The van der Waals surface area contributed by atoms with E-state index >= 15 is 0 Å². The molecule has 2 heterocycles. The molecule has 2 N–H and O–H groups in total. The highest BCUT2D eigenvalue weighted by Gasteiger charge is 2.17. The van der Waals surface area contributed by atoms with Gasteiger partial charge in [0.1, 0.15) is 11.4 Å². The highest BCUT2D eigenvalue weighted by molar-refractivity contribution is 7.15. The largest absolute Gasteiger partial charge is 0.410 e. The Bertz CT molecular complexity index is 453. The van der Waals surface area contributed by atoms with Crippen molar-refractivity contribution in [1.29, 1.82) is 0 Å². The molecular formula is C10H8N2O2S2. The topological polar surface area (TPSA) is 65.2 Å². The Kier molecular flexibility index (Phi) is 3.33. The van der Waals surface area contributed by atoms with Crippen LogP contribution in [0.5, 0.6) is 0 Å². The molecule has 82 valence electrons. The van der Waals surface area contributed by atoms with Gasteiger partial charge in [0.15, 0.2) is 0 Å². The summed E-state index contributed by atoms with van der Waals surface area (Å²) >= 11 is 2.84. The lowest BCUT2D eigenvalue weighted by atomic mass is 10.1. The summed E-state index contributed by atoms with van der Waals surface area (Å²) in [6.45, 7) is 0. The fraction of sp³-hybridized carbons (Fsp3) is 0. The van der Waals surface area contributed by atoms with Crippen LogP contribution in [-0.2, 0) is 0 Å². The third kappa shape index (κ3) is 1.98. The Balaban J connectivity index is 2.43. The van der Waals surface area contributed by atoms with Crippen molar-refractivity contribution in [1.82, 2.24) is 0 Å². The van der Waals surface area contributed by atoms with Gasteiger partial charge in [-0.15, -0.1) is 22.7 Å². The summed E-state index contributed by atoms with van der Waals surface area (Å²) in [5.74, 6) is 0. The highest BCUT2D eigenvalue weighted by atomic mass is 32.1. The first-order chi connectivity index (χ1) is 7.86. The van der Waals surface area contributed by atoms with E-state index in [0.717, 1.165) is 9.75 Å². The number of rotatable bonds is 3. The molecule has 4 nitrogen and oxygen atoms in total. The number of oxime groups is 2. The van der Waals surface area contributed by atoms with Crippen molar-refractivity contribution in [3.05, 3.63) is 44.8 Å². The molecule has 6 heteroatoms. The molecule has 0 aliphatic carbocycles.